The summed E-state index contributed by atoms with van der Waals surface area (Å²) in [5.74, 6) is 4.69. The Morgan fingerprint density at radius 1 is 0.771 bits per heavy atom. The van der Waals surface area contributed by atoms with Crippen LogP contribution >= 0.6 is 6.26 Å². The molecule has 0 bridgehead atoms. The highest BCUT2D eigenvalue weighted by Crippen LogP contribution is 2.61. The lowest BCUT2D eigenvalue weighted by Crippen LogP contribution is -2.25. The van der Waals surface area contributed by atoms with Gasteiger partial charge in [0.25, 0.3) is 0 Å². The SMILES string of the molecule is CN1C(=CP(=S)(C=C2N(C)c3ccccc3C2(C)C)OC2CCCCC2)C(C)(C)c2ccccc21. The second-order valence-electron chi connectivity index (χ2n) is 11.4. The van der Waals surface area contributed by atoms with Gasteiger partial charge in [-0.3, -0.25) is 0 Å². The average molecular weight is 507 g/mol. The normalized spacial score (nSPS) is 25.1. The van der Waals surface area contributed by atoms with Crippen molar-refractivity contribution in [1.82, 2.24) is 0 Å². The van der Waals surface area contributed by atoms with Gasteiger partial charge in [0, 0.05) is 47.7 Å². The molecule has 3 aliphatic rings. The van der Waals surface area contributed by atoms with E-state index in [1.165, 1.54) is 53.2 Å². The molecular weight excluding hydrogens is 467 g/mol. The van der Waals surface area contributed by atoms with Crippen molar-refractivity contribution in [2.24, 2.45) is 0 Å². The maximum absolute atomic E-state index is 7.00. The summed E-state index contributed by atoms with van der Waals surface area (Å²) in [6.07, 6.45) is 3.81. The second kappa shape index (κ2) is 8.91. The van der Waals surface area contributed by atoms with E-state index in [4.69, 9.17) is 16.3 Å². The van der Waals surface area contributed by atoms with Gasteiger partial charge in [0.1, 0.15) is 6.26 Å². The highest BCUT2D eigenvalue weighted by atomic mass is 32.4. The summed E-state index contributed by atoms with van der Waals surface area (Å²) >= 11 is 6.57. The third-order valence-corrected chi connectivity index (χ3v) is 11.1. The predicted octanol–water partition coefficient (Wildman–Crippen LogP) is 8.27. The topological polar surface area (TPSA) is 15.7 Å². The molecule has 0 N–H and O–H groups in total. The molecule has 1 aliphatic carbocycles. The number of para-hydroxylation sites is 2. The Morgan fingerprint density at radius 3 is 1.63 bits per heavy atom. The first-order valence-electron chi connectivity index (χ1n) is 13.0. The van der Waals surface area contributed by atoms with E-state index in [9.17, 15) is 0 Å². The molecule has 0 atom stereocenters. The molecule has 0 amide bonds. The fourth-order valence-corrected chi connectivity index (χ4v) is 9.81. The first kappa shape index (κ1) is 24.8. The Balaban J connectivity index is 1.63. The molecule has 2 heterocycles. The number of hydrogen-bond acceptors (Lipinski definition) is 4. The molecule has 1 saturated carbocycles. The number of allylic oxidation sites excluding steroid dienone is 2. The highest BCUT2D eigenvalue weighted by molar-refractivity contribution is 8.15. The van der Waals surface area contributed by atoms with E-state index >= 15 is 0 Å². The van der Waals surface area contributed by atoms with Crippen molar-refractivity contribution in [2.75, 3.05) is 23.9 Å². The molecule has 1 fully saturated rings. The lowest BCUT2D eigenvalue weighted by Gasteiger charge is -2.32. The molecule has 35 heavy (non-hydrogen) atoms. The summed E-state index contributed by atoms with van der Waals surface area (Å²) in [5, 5.41) is 0. The predicted molar refractivity (Wildman–Crippen MR) is 154 cm³/mol. The van der Waals surface area contributed by atoms with Crippen LogP contribution in [0.2, 0.25) is 0 Å². The largest absolute Gasteiger partial charge is 0.347 e. The molecule has 0 aromatic heterocycles. The zero-order valence-electron chi connectivity index (χ0n) is 22.0. The molecule has 2 aromatic rings. The summed E-state index contributed by atoms with van der Waals surface area (Å²) in [7, 11) is 4.35. The summed E-state index contributed by atoms with van der Waals surface area (Å²) in [6.45, 7) is 9.26. The van der Waals surface area contributed by atoms with E-state index in [-0.39, 0.29) is 16.9 Å². The van der Waals surface area contributed by atoms with Gasteiger partial charge < -0.3 is 14.3 Å². The van der Waals surface area contributed by atoms with Gasteiger partial charge in [-0.25, -0.2) is 0 Å². The van der Waals surface area contributed by atoms with Gasteiger partial charge in [-0.2, -0.15) is 0 Å². The van der Waals surface area contributed by atoms with Crippen molar-refractivity contribution in [3.8, 4) is 0 Å². The van der Waals surface area contributed by atoms with Crippen molar-refractivity contribution in [3.05, 3.63) is 82.7 Å². The van der Waals surface area contributed by atoms with E-state index < -0.39 is 6.26 Å². The van der Waals surface area contributed by atoms with Crippen LogP contribution in [0.15, 0.2) is 71.6 Å². The summed E-state index contributed by atoms with van der Waals surface area (Å²) in [6, 6.07) is 17.5. The maximum Gasteiger partial charge on any atom is 0.113 e. The number of benzene rings is 2. The smallest absolute Gasteiger partial charge is 0.113 e. The fourth-order valence-electron chi connectivity index (χ4n) is 6.30. The van der Waals surface area contributed by atoms with E-state index in [1.807, 2.05) is 0 Å². The van der Waals surface area contributed by atoms with Crippen molar-refractivity contribution < 1.29 is 4.52 Å². The Kier molecular flexibility index (Phi) is 6.31. The minimum Gasteiger partial charge on any atom is -0.347 e. The van der Waals surface area contributed by atoms with Crippen molar-refractivity contribution in [1.29, 1.82) is 0 Å². The third kappa shape index (κ3) is 4.22. The van der Waals surface area contributed by atoms with Gasteiger partial charge in [-0.05, 0) is 47.7 Å². The zero-order chi connectivity index (χ0) is 25.0. The number of likely N-dealkylation sites (N-methyl/N-ethyl adjacent to an activating group) is 2. The quantitative estimate of drug-likeness (QED) is 0.388. The van der Waals surface area contributed by atoms with Crippen LogP contribution in [0.1, 0.15) is 70.9 Å². The van der Waals surface area contributed by atoms with E-state index in [1.54, 1.807) is 0 Å². The van der Waals surface area contributed by atoms with Crippen LogP contribution < -0.4 is 9.80 Å². The van der Waals surface area contributed by atoms with Crippen LogP contribution in [0.25, 0.3) is 0 Å². The Bertz CT molecular complexity index is 1150. The molecule has 0 saturated heterocycles. The summed E-state index contributed by atoms with van der Waals surface area (Å²) in [5.41, 5.74) is 7.50. The van der Waals surface area contributed by atoms with E-state index in [0.29, 0.717) is 0 Å². The Hall–Kier alpha value is -1.87. The monoisotopic (exact) mass is 506 g/mol. The van der Waals surface area contributed by atoms with Gasteiger partial charge in [-0.1, -0.05) is 95.2 Å². The van der Waals surface area contributed by atoms with E-state index in [0.717, 1.165) is 12.8 Å². The zero-order valence-corrected chi connectivity index (χ0v) is 23.8. The van der Waals surface area contributed by atoms with Crippen LogP contribution in [0, 0.1) is 0 Å². The highest BCUT2D eigenvalue weighted by Gasteiger charge is 2.42. The number of nitrogens with zero attached hydrogens (tertiary/aromatic N) is 2. The summed E-state index contributed by atoms with van der Waals surface area (Å²) < 4.78 is 7.00. The Labute approximate surface area is 217 Å². The molecule has 2 aliphatic heterocycles. The lowest BCUT2D eigenvalue weighted by atomic mass is 9.84. The third-order valence-electron chi connectivity index (χ3n) is 8.35. The minimum atomic E-state index is -2.45. The molecule has 0 spiro atoms. The first-order valence-corrected chi connectivity index (χ1v) is 15.8. The van der Waals surface area contributed by atoms with Crippen LogP contribution in [-0.4, -0.2) is 20.2 Å². The first-order chi connectivity index (χ1) is 16.5. The molecule has 186 valence electrons. The van der Waals surface area contributed by atoms with Crippen molar-refractivity contribution in [2.45, 2.75) is 76.7 Å². The molecular formula is C30H39N2OPS. The number of hydrogen-bond donors (Lipinski definition) is 0. The maximum atomic E-state index is 7.00. The van der Waals surface area contributed by atoms with E-state index in [2.05, 4.69) is 112 Å². The van der Waals surface area contributed by atoms with Gasteiger partial charge in [0.2, 0.25) is 0 Å². The second-order valence-corrected chi connectivity index (χ2v) is 15.2. The number of fused-ring (bicyclic) bond motifs is 2. The molecule has 5 rings (SSSR count). The van der Waals surface area contributed by atoms with Gasteiger partial charge >= 0.3 is 0 Å². The number of rotatable bonds is 4. The van der Waals surface area contributed by atoms with Crippen LogP contribution in [0.5, 0.6) is 0 Å². The molecule has 2 aromatic carbocycles. The van der Waals surface area contributed by atoms with Gasteiger partial charge in [-0.15, -0.1) is 0 Å². The lowest BCUT2D eigenvalue weighted by molar-refractivity contribution is 0.176. The molecule has 3 nitrogen and oxygen atoms in total. The van der Waals surface area contributed by atoms with Crippen molar-refractivity contribution in [3.63, 3.8) is 0 Å². The Morgan fingerprint density at radius 2 is 1.20 bits per heavy atom. The summed E-state index contributed by atoms with van der Waals surface area (Å²) in [4.78, 5) is 4.66. The standard InChI is InChI=1S/C30H39N2OPS/c1-29(2)23-16-10-12-18-25(23)31(5)27(29)20-34(35,33-22-14-8-7-9-15-22)21-28-30(3,4)24-17-11-13-19-26(24)32(28)6/h10-13,16-22H,7-9,14-15H2,1-6H3. The van der Waals surface area contributed by atoms with Crippen LogP contribution in [-0.2, 0) is 27.2 Å². The molecule has 5 heteroatoms. The molecule has 0 radical (unpaired) electrons. The van der Waals surface area contributed by atoms with Crippen LogP contribution in [0.4, 0.5) is 11.4 Å². The molecule has 0 unspecified atom stereocenters. The van der Waals surface area contributed by atoms with Crippen molar-refractivity contribution >= 4 is 29.4 Å². The van der Waals surface area contributed by atoms with Crippen LogP contribution in [0.3, 0.4) is 0 Å². The fraction of sp³-hybridized carbons (Fsp3) is 0.467. The van der Waals surface area contributed by atoms with Gasteiger partial charge in [0.15, 0.2) is 0 Å². The minimum absolute atomic E-state index is 0.121. The van der Waals surface area contributed by atoms with Gasteiger partial charge in [0.05, 0.1) is 6.10 Å². The average Bonchev–Trinajstić information content (AvgIpc) is 3.15. The number of anilines is 2.